The quantitative estimate of drug-likeness (QED) is 0.384. The van der Waals surface area contributed by atoms with Gasteiger partial charge in [0.1, 0.15) is 0 Å². The molecule has 0 unspecified atom stereocenters. The molecule has 0 aromatic rings. The molecule has 0 radical (unpaired) electrons. The number of carbonyl (C=O) groups is 1. The number of nitrogens with one attached hydrogen (secondary N) is 1. The second-order valence-corrected chi connectivity index (χ2v) is 6.84. The average molecular weight is 311 g/mol. The van der Waals surface area contributed by atoms with Crippen molar-refractivity contribution in [3.63, 3.8) is 0 Å². The Labute approximate surface area is 120 Å². The van der Waals surface area contributed by atoms with Crippen molar-refractivity contribution in [3.05, 3.63) is 0 Å². The third-order valence-electron chi connectivity index (χ3n) is 2.79. The van der Waals surface area contributed by atoms with E-state index in [-0.39, 0.29) is 12.7 Å². The fraction of sp³-hybridized carbons (Fsp3) is 0.917. The van der Waals surface area contributed by atoms with Crippen LogP contribution in [0.15, 0.2) is 0 Å². The highest BCUT2D eigenvalue weighted by Gasteiger charge is 2.31. The Morgan fingerprint density at radius 2 is 1.70 bits per heavy atom. The van der Waals surface area contributed by atoms with E-state index in [2.05, 4.69) is 5.32 Å². The lowest BCUT2D eigenvalue weighted by molar-refractivity contribution is -0.134. The van der Waals surface area contributed by atoms with Gasteiger partial charge in [0.15, 0.2) is 0 Å². The smallest absolute Gasteiger partial charge is 0.330 e. The van der Waals surface area contributed by atoms with E-state index in [4.69, 9.17) is 19.3 Å². The standard InChI is InChI=1S/C12H26NO6P/c1-4-18-20(17,19-5-2)8-6-7-13-11(16)12(3,9-14)10-15/h14-15H,4-10H2,1-3H3,(H,13,16). The summed E-state index contributed by atoms with van der Waals surface area (Å²) in [5.41, 5.74) is -1.20. The van der Waals surface area contributed by atoms with E-state index >= 15 is 0 Å². The van der Waals surface area contributed by atoms with Crippen LogP contribution in [-0.4, -0.2) is 55.3 Å². The highest BCUT2D eigenvalue weighted by molar-refractivity contribution is 7.53. The predicted octanol–water partition coefficient (Wildman–Crippen LogP) is 0.750. The van der Waals surface area contributed by atoms with Crippen LogP contribution < -0.4 is 5.32 Å². The van der Waals surface area contributed by atoms with Crippen molar-refractivity contribution < 1.29 is 28.6 Å². The lowest BCUT2D eigenvalue weighted by Crippen LogP contribution is -2.44. The summed E-state index contributed by atoms with van der Waals surface area (Å²) in [6.07, 6.45) is 0.639. The Morgan fingerprint density at radius 1 is 1.20 bits per heavy atom. The van der Waals surface area contributed by atoms with Crippen molar-refractivity contribution in [1.29, 1.82) is 0 Å². The van der Waals surface area contributed by atoms with Gasteiger partial charge in [-0.05, 0) is 27.2 Å². The first-order chi connectivity index (χ1) is 9.37. The van der Waals surface area contributed by atoms with Crippen LogP contribution in [0.4, 0.5) is 0 Å². The van der Waals surface area contributed by atoms with Gasteiger partial charge in [0.05, 0.1) is 38.0 Å². The van der Waals surface area contributed by atoms with Crippen molar-refractivity contribution in [2.45, 2.75) is 27.2 Å². The predicted molar refractivity (Wildman–Crippen MR) is 75.6 cm³/mol. The van der Waals surface area contributed by atoms with Crippen molar-refractivity contribution in [1.82, 2.24) is 5.32 Å². The Morgan fingerprint density at radius 3 is 2.10 bits per heavy atom. The minimum atomic E-state index is -3.08. The Kier molecular flexibility index (Phi) is 9.25. The normalized spacial score (nSPS) is 12.4. The van der Waals surface area contributed by atoms with Gasteiger partial charge < -0.3 is 24.6 Å². The number of hydrogen-bond acceptors (Lipinski definition) is 6. The van der Waals surface area contributed by atoms with E-state index in [1.807, 2.05) is 0 Å². The van der Waals surface area contributed by atoms with Crippen molar-refractivity contribution in [2.75, 3.05) is 39.1 Å². The van der Waals surface area contributed by atoms with E-state index in [0.717, 1.165) is 0 Å². The summed E-state index contributed by atoms with van der Waals surface area (Å²) in [6.45, 7) is 4.94. The molecule has 0 atom stereocenters. The van der Waals surface area contributed by atoms with Crippen molar-refractivity contribution in [2.24, 2.45) is 5.41 Å². The largest absolute Gasteiger partial charge is 0.395 e. The van der Waals surface area contributed by atoms with Gasteiger partial charge in [-0.1, -0.05) is 0 Å². The number of rotatable bonds is 11. The van der Waals surface area contributed by atoms with Crippen molar-refractivity contribution >= 4 is 13.5 Å². The molecule has 8 heteroatoms. The van der Waals surface area contributed by atoms with Gasteiger partial charge in [-0.15, -0.1) is 0 Å². The summed E-state index contributed by atoms with van der Waals surface area (Å²) in [4.78, 5) is 11.7. The topological polar surface area (TPSA) is 105 Å². The Balaban J connectivity index is 4.18. The molecule has 1 amide bonds. The molecule has 0 aromatic heterocycles. The van der Waals surface area contributed by atoms with Gasteiger partial charge in [0.2, 0.25) is 5.91 Å². The molecule has 0 bridgehead atoms. The molecule has 120 valence electrons. The third kappa shape index (κ3) is 6.33. The molecule has 0 aliphatic carbocycles. The summed E-state index contributed by atoms with van der Waals surface area (Å²) in [6, 6.07) is 0. The molecular weight excluding hydrogens is 285 g/mol. The first-order valence-corrected chi connectivity index (χ1v) is 8.48. The highest BCUT2D eigenvalue weighted by atomic mass is 31.2. The molecule has 0 saturated heterocycles. The minimum absolute atomic E-state index is 0.212. The summed E-state index contributed by atoms with van der Waals surface area (Å²) in [5, 5.41) is 20.7. The summed E-state index contributed by atoms with van der Waals surface area (Å²) in [7, 11) is -3.08. The molecular formula is C12H26NO6P. The average Bonchev–Trinajstić information content (AvgIpc) is 2.43. The van der Waals surface area contributed by atoms with Crippen LogP contribution in [0.1, 0.15) is 27.2 Å². The zero-order valence-corrected chi connectivity index (χ0v) is 13.3. The molecule has 0 aliphatic heterocycles. The monoisotopic (exact) mass is 311 g/mol. The number of hydrogen-bond donors (Lipinski definition) is 3. The zero-order valence-electron chi connectivity index (χ0n) is 12.4. The van der Waals surface area contributed by atoms with Gasteiger partial charge in [-0.2, -0.15) is 0 Å². The van der Waals surface area contributed by atoms with E-state index in [0.29, 0.717) is 19.6 Å². The van der Waals surface area contributed by atoms with Gasteiger partial charge in [0, 0.05) is 6.54 Å². The van der Waals surface area contributed by atoms with Crippen LogP contribution in [0.3, 0.4) is 0 Å². The second kappa shape index (κ2) is 9.47. The fourth-order valence-electron chi connectivity index (χ4n) is 1.44. The first-order valence-electron chi connectivity index (χ1n) is 6.75. The molecule has 20 heavy (non-hydrogen) atoms. The molecule has 7 nitrogen and oxygen atoms in total. The molecule has 0 fully saturated rings. The maximum atomic E-state index is 12.1. The Hall–Kier alpha value is -0.460. The molecule has 0 rings (SSSR count). The molecule has 0 heterocycles. The van der Waals surface area contributed by atoms with E-state index in [1.54, 1.807) is 13.8 Å². The van der Waals surface area contributed by atoms with Gasteiger partial charge in [-0.25, -0.2) is 0 Å². The molecule has 0 saturated carbocycles. The van der Waals surface area contributed by atoms with E-state index in [1.165, 1.54) is 6.92 Å². The summed E-state index contributed by atoms with van der Waals surface area (Å²) >= 11 is 0. The van der Waals surface area contributed by atoms with E-state index in [9.17, 15) is 9.36 Å². The number of aliphatic hydroxyl groups is 2. The third-order valence-corrected chi connectivity index (χ3v) is 4.96. The summed E-state index contributed by atoms with van der Waals surface area (Å²) < 4.78 is 22.4. The molecule has 3 N–H and O–H groups in total. The lowest BCUT2D eigenvalue weighted by Gasteiger charge is -2.23. The fourth-order valence-corrected chi connectivity index (χ4v) is 3.11. The number of carbonyl (C=O) groups excluding carboxylic acids is 1. The molecule has 0 aromatic carbocycles. The van der Waals surface area contributed by atoms with Crippen LogP contribution in [0, 0.1) is 5.41 Å². The second-order valence-electron chi connectivity index (χ2n) is 4.66. The maximum Gasteiger partial charge on any atom is 0.330 e. The van der Waals surface area contributed by atoms with Gasteiger partial charge in [0.25, 0.3) is 0 Å². The van der Waals surface area contributed by atoms with Crippen LogP contribution >= 0.6 is 7.60 Å². The van der Waals surface area contributed by atoms with Crippen LogP contribution in [0.25, 0.3) is 0 Å². The minimum Gasteiger partial charge on any atom is -0.395 e. The maximum absolute atomic E-state index is 12.1. The first kappa shape index (κ1) is 19.5. The van der Waals surface area contributed by atoms with Crippen molar-refractivity contribution in [3.8, 4) is 0 Å². The van der Waals surface area contributed by atoms with Crippen LogP contribution in [0.5, 0.6) is 0 Å². The number of aliphatic hydroxyl groups excluding tert-OH is 2. The van der Waals surface area contributed by atoms with Gasteiger partial charge >= 0.3 is 7.60 Å². The van der Waals surface area contributed by atoms with E-state index < -0.39 is 32.1 Å². The van der Waals surface area contributed by atoms with Crippen LogP contribution in [0.2, 0.25) is 0 Å². The molecule has 0 aliphatic rings. The highest BCUT2D eigenvalue weighted by Crippen LogP contribution is 2.48. The summed E-state index contributed by atoms with van der Waals surface area (Å²) in [5.74, 6) is -0.440. The van der Waals surface area contributed by atoms with Gasteiger partial charge in [-0.3, -0.25) is 9.36 Å². The Bertz CT molecular complexity index is 322. The van der Waals surface area contributed by atoms with Crippen LogP contribution in [-0.2, 0) is 18.4 Å². The number of amides is 1. The molecule has 0 spiro atoms. The lowest BCUT2D eigenvalue weighted by atomic mass is 9.92. The SMILES string of the molecule is CCOP(=O)(CCCNC(=O)C(C)(CO)CO)OCC. The zero-order chi connectivity index (χ0) is 15.6.